The number of hydrogen-bond acceptors (Lipinski definition) is 3. The van der Waals surface area contributed by atoms with Crippen LogP contribution in [0.1, 0.15) is 24.3 Å². The Kier molecular flexibility index (Phi) is 3.30. The highest BCUT2D eigenvalue weighted by atomic mass is 16.3. The zero-order valence-corrected chi connectivity index (χ0v) is 10.5. The minimum Gasteiger partial charge on any atom is -0.389 e. The Morgan fingerprint density at radius 1 is 1.28 bits per heavy atom. The van der Waals surface area contributed by atoms with E-state index in [2.05, 4.69) is 10.3 Å². The number of carbonyl (C=O) groups is 1. The summed E-state index contributed by atoms with van der Waals surface area (Å²) in [5.74, 6) is -0.275. The molecular weight excluding hydrogens is 228 g/mol. The van der Waals surface area contributed by atoms with E-state index in [0.717, 1.165) is 10.9 Å². The topological polar surface area (TPSA) is 62.2 Å². The molecule has 94 valence electrons. The number of pyridine rings is 1. The Morgan fingerprint density at radius 3 is 2.72 bits per heavy atom. The number of benzene rings is 1. The second-order valence-electron chi connectivity index (χ2n) is 4.88. The Morgan fingerprint density at radius 2 is 2.00 bits per heavy atom. The van der Waals surface area contributed by atoms with Gasteiger partial charge in [-0.15, -0.1) is 0 Å². The normalized spacial score (nSPS) is 11.5. The van der Waals surface area contributed by atoms with Gasteiger partial charge in [-0.1, -0.05) is 24.3 Å². The summed E-state index contributed by atoms with van der Waals surface area (Å²) in [6, 6.07) is 11.2. The highest BCUT2D eigenvalue weighted by Gasteiger charge is 2.15. The van der Waals surface area contributed by atoms with E-state index in [4.69, 9.17) is 0 Å². The van der Waals surface area contributed by atoms with Crippen LogP contribution < -0.4 is 5.32 Å². The average Bonchev–Trinajstić information content (AvgIpc) is 2.34. The number of hydrogen-bond donors (Lipinski definition) is 2. The smallest absolute Gasteiger partial charge is 0.270 e. The van der Waals surface area contributed by atoms with Crippen LogP contribution >= 0.6 is 0 Å². The number of nitrogens with zero attached hydrogens (tertiary/aromatic N) is 1. The lowest BCUT2D eigenvalue weighted by atomic mass is 10.1. The molecule has 0 radical (unpaired) electrons. The molecule has 0 saturated heterocycles. The first-order chi connectivity index (χ1) is 8.46. The Hall–Kier alpha value is -1.94. The molecule has 4 nitrogen and oxygen atoms in total. The molecule has 2 rings (SSSR count). The number of fused-ring (bicyclic) bond motifs is 1. The molecule has 18 heavy (non-hydrogen) atoms. The largest absolute Gasteiger partial charge is 0.389 e. The van der Waals surface area contributed by atoms with Gasteiger partial charge in [0, 0.05) is 11.9 Å². The Bertz CT molecular complexity index is 573. The van der Waals surface area contributed by atoms with Crippen molar-refractivity contribution in [3.05, 3.63) is 42.1 Å². The summed E-state index contributed by atoms with van der Waals surface area (Å²) in [5.41, 5.74) is 0.221. The van der Waals surface area contributed by atoms with Crippen LogP contribution in [0.5, 0.6) is 0 Å². The minimum atomic E-state index is -0.924. The van der Waals surface area contributed by atoms with Gasteiger partial charge in [0.1, 0.15) is 5.69 Å². The molecule has 2 N–H and O–H groups in total. The van der Waals surface area contributed by atoms with Crippen LogP contribution in [0.2, 0.25) is 0 Å². The number of nitrogens with one attached hydrogen (secondary N) is 1. The van der Waals surface area contributed by atoms with E-state index in [1.165, 1.54) is 0 Å². The third-order valence-corrected chi connectivity index (χ3v) is 2.51. The van der Waals surface area contributed by atoms with Crippen molar-refractivity contribution < 1.29 is 9.90 Å². The summed E-state index contributed by atoms with van der Waals surface area (Å²) < 4.78 is 0. The summed E-state index contributed by atoms with van der Waals surface area (Å²) in [7, 11) is 0. The molecule has 0 aliphatic rings. The molecule has 0 saturated carbocycles. The van der Waals surface area contributed by atoms with E-state index in [9.17, 15) is 9.90 Å². The average molecular weight is 244 g/mol. The summed E-state index contributed by atoms with van der Waals surface area (Å²) in [6.07, 6.45) is 0. The maximum absolute atomic E-state index is 11.9. The quantitative estimate of drug-likeness (QED) is 0.864. The second-order valence-corrected chi connectivity index (χ2v) is 4.88. The molecule has 1 aromatic heterocycles. The van der Waals surface area contributed by atoms with Crippen LogP contribution in [0.4, 0.5) is 0 Å². The number of carbonyl (C=O) groups excluding carboxylic acids is 1. The van der Waals surface area contributed by atoms with Crippen LogP contribution in [-0.2, 0) is 0 Å². The van der Waals surface area contributed by atoms with Crippen molar-refractivity contribution >= 4 is 16.8 Å². The molecular formula is C14H16N2O2. The fourth-order valence-electron chi connectivity index (χ4n) is 1.58. The summed E-state index contributed by atoms with van der Waals surface area (Å²) in [6.45, 7) is 3.47. The van der Waals surface area contributed by atoms with Gasteiger partial charge in [-0.25, -0.2) is 4.98 Å². The van der Waals surface area contributed by atoms with E-state index in [-0.39, 0.29) is 12.5 Å². The first-order valence-electron chi connectivity index (χ1n) is 5.82. The molecule has 1 heterocycles. The van der Waals surface area contributed by atoms with E-state index in [1.54, 1.807) is 19.9 Å². The molecule has 0 spiro atoms. The minimum absolute atomic E-state index is 0.195. The van der Waals surface area contributed by atoms with Crippen molar-refractivity contribution in [1.29, 1.82) is 0 Å². The van der Waals surface area contributed by atoms with Crippen molar-refractivity contribution in [2.45, 2.75) is 19.4 Å². The van der Waals surface area contributed by atoms with Crippen molar-refractivity contribution in [3.63, 3.8) is 0 Å². The lowest BCUT2D eigenvalue weighted by molar-refractivity contribution is 0.0692. The molecule has 0 unspecified atom stereocenters. The number of rotatable bonds is 3. The van der Waals surface area contributed by atoms with Gasteiger partial charge in [0.25, 0.3) is 5.91 Å². The number of amides is 1. The summed E-state index contributed by atoms with van der Waals surface area (Å²) in [4.78, 5) is 16.1. The van der Waals surface area contributed by atoms with Crippen LogP contribution in [0.15, 0.2) is 36.4 Å². The van der Waals surface area contributed by atoms with Crippen molar-refractivity contribution in [2.75, 3.05) is 6.54 Å². The molecule has 0 bridgehead atoms. The van der Waals surface area contributed by atoms with E-state index < -0.39 is 5.60 Å². The van der Waals surface area contributed by atoms with Gasteiger partial charge >= 0.3 is 0 Å². The molecule has 2 aromatic rings. The maximum atomic E-state index is 11.9. The van der Waals surface area contributed by atoms with E-state index in [1.807, 2.05) is 30.3 Å². The van der Waals surface area contributed by atoms with Gasteiger partial charge < -0.3 is 10.4 Å². The lowest BCUT2D eigenvalue weighted by Gasteiger charge is -2.17. The standard InChI is InChI=1S/C14H16N2O2/c1-14(2,18)9-15-13(17)12-8-7-10-5-3-4-6-11(10)16-12/h3-8,18H,9H2,1-2H3,(H,15,17). The van der Waals surface area contributed by atoms with Crippen molar-refractivity contribution in [2.24, 2.45) is 0 Å². The number of para-hydroxylation sites is 1. The molecule has 0 aliphatic carbocycles. The molecule has 0 fully saturated rings. The van der Waals surface area contributed by atoms with Crippen LogP contribution in [-0.4, -0.2) is 28.1 Å². The molecule has 0 atom stereocenters. The zero-order chi connectivity index (χ0) is 13.2. The van der Waals surface area contributed by atoms with Crippen LogP contribution in [0.3, 0.4) is 0 Å². The first kappa shape index (κ1) is 12.5. The van der Waals surface area contributed by atoms with E-state index in [0.29, 0.717) is 5.69 Å². The first-order valence-corrected chi connectivity index (χ1v) is 5.82. The van der Waals surface area contributed by atoms with Crippen LogP contribution in [0.25, 0.3) is 10.9 Å². The van der Waals surface area contributed by atoms with Gasteiger partial charge in [-0.05, 0) is 26.0 Å². The van der Waals surface area contributed by atoms with Gasteiger partial charge in [0.15, 0.2) is 0 Å². The molecule has 4 heteroatoms. The highest BCUT2D eigenvalue weighted by molar-refractivity contribution is 5.94. The predicted octanol–water partition coefficient (Wildman–Crippen LogP) is 1.74. The van der Waals surface area contributed by atoms with Gasteiger partial charge in [0.05, 0.1) is 11.1 Å². The summed E-state index contributed by atoms with van der Waals surface area (Å²) >= 11 is 0. The Balaban J connectivity index is 2.18. The fraction of sp³-hybridized carbons (Fsp3) is 0.286. The Labute approximate surface area is 106 Å². The predicted molar refractivity (Wildman–Crippen MR) is 70.4 cm³/mol. The van der Waals surface area contributed by atoms with Crippen molar-refractivity contribution in [3.8, 4) is 0 Å². The maximum Gasteiger partial charge on any atom is 0.270 e. The molecule has 1 amide bonds. The monoisotopic (exact) mass is 244 g/mol. The molecule has 1 aromatic carbocycles. The fourth-order valence-corrected chi connectivity index (χ4v) is 1.58. The van der Waals surface area contributed by atoms with E-state index >= 15 is 0 Å². The third-order valence-electron chi connectivity index (χ3n) is 2.51. The number of aliphatic hydroxyl groups is 1. The highest BCUT2D eigenvalue weighted by Crippen LogP contribution is 2.11. The lowest BCUT2D eigenvalue weighted by Crippen LogP contribution is -2.38. The van der Waals surface area contributed by atoms with Gasteiger partial charge in [-0.3, -0.25) is 4.79 Å². The van der Waals surface area contributed by atoms with Crippen LogP contribution in [0, 0.1) is 0 Å². The summed E-state index contributed by atoms with van der Waals surface area (Å²) in [5, 5.41) is 13.2. The third kappa shape index (κ3) is 3.05. The van der Waals surface area contributed by atoms with Gasteiger partial charge in [-0.2, -0.15) is 0 Å². The van der Waals surface area contributed by atoms with Gasteiger partial charge in [0.2, 0.25) is 0 Å². The zero-order valence-electron chi connectivity index (χ0n) is 10.5. The molecule has 0 aliphatic heterocycles. The SMILES string of the molecule is CC(C)(O)CNC(=O)c1ccc2ccccc2n1. The van der Waals surface area contributed by atoms with Crippen molar-refractivity contribution in [1.82, 2.24) is 10.3 Å². The number of aromatic nitrogens is 1. The second kappa shape index (κ2) is 4.74.